The first-order chi connectivity index (χ1) is 10.2. The lowest BCUT2D eigenvalue weighted by molar-refractivity contribution is 0.284. The van der Waals surface area contributed by atoms with Crippen LogP contribution in [-0.2, 0) is 6.61 Å². The van der Waals surface area contributed by atoms with Gasteiger partial charge in [-0.05, 0) is 36.2 Å². The summed E-state index contributed by atoms with van der Waals surface area (Å²) in [6.45, 7) is 1.07. The molecule has 4 N–H and O–H groups in total. The van der Waals surface area contributed by atoms with Crippen LogP contribution in [0.25, 0.3) is 0 Å². The molecule has 22 heavy (non-hydrogen) atoms. The second-order valence-electron chi connectivity index (χ2n) is 4.87. The summed E-state index contributed by atoms with van der Waals surface area (Å²) in [4.78, 5) is 0. The molecule has 0 saturated heterocycles. The molecule has 1 atom stereocenters. The molecule has 5 heteroatoms. The van der Waals surface area contributed by atoms with Gasteiger partial charge in [0.1, 0.15) is 6.61 Å². The number of methoxy groups -OCH3 is 1. The highest BCUT2D eigenvalue weighted by atomic mass is 35.5. The van der Waals surface area contributed by atoms with Gasteiger partial charge in [0.2, 0.25) is 0 Å². The van der Waals surface area contributed by atoms with E-state index < -0.39 is 0 Å². The van der Waals surface area contributed by atoms with E-state index in [1.54, 1.807) is 7.11 Å². The molecule has 0 bridgehead atoms. The fourth-order valence-corrected chi connectivity index (χ4v) is 2.12. The SMILES string of the molecule is COc1cc([C@@H](N)CCN)ccc1OCc1ccccc1.Cl. The molecular formula is C17H23ClN2O2. The van der Waals surface area contributed by atoms with Gasteiger partial charge < -0.3 is 20.9 Å². The summed E-state index contributed by atoms with van der Waals surface area (Å²) in [6, 6.07) is 15.7. The minimum Gasteiger partial charge on any atom is -0.493 e. The van der Waals surface area contributed by atoms with Gasteiger partial charge in [0.15, 0.2) is 11.5 Å². The van der Waals surface area contributed by atoms with Crippen LogP contribution in [-0.4, -0.2) is 13.7 Å². The van der Waals surface area contributed by atoms with Crippen molar-refractivity contribution in [2.24, 2.45) is 11.5 Å². The van der Waals surface area contributed by atoms with Crippen molar-refractivity contribution < 1.29 is 9.47 Å². The Labute approximate surface area is 137 Å². The number of nitrogens with two attached hydrogens (primary N) is 2. The molecule has 120 valence electrons. The Morgan fingerprint density at radius 2 is 1.77 bits per heavy atom. The molecule has 2 aromatic rings. The predicted octanol–water partition coefficient (Wildman–Crippen LogP) is 3.04. The zero-order valence-electron chi connectivity index (χ0n) is 12.7. The Kier molecular flexibility index (Phi) is 7.74. The lowest BCUT2D eigenvalue weighted by Gasteiger charge is -2.15. The van der Waals surface area contributed by atoms with Crippen molar-refractivity contribution in [1.82, 2.24) is 0 Å². The molecule has 0 saturated carbocycles. The van der Waals surface area contributed by atoms with Crippen molar-refractivity contribution in [3.8, 4) is 11.5 Å². The summed E-state index contributed by atoms with van der Waals surface area (Å²) in [6.07, 6.45) is 0.743. The number of halogens is 1. The predicted molar refractivity (Wildman–Crippen MR) is 91.6 cm³/mol. The number of rotatable bonds is 7. The summed E-state index contributed by atoms with van der Waals surface area (Å²) in [7, 11) is 1.63. The van der Waals surface area contributed by atoms with Crippen LogP contribution in [0.1, 0.15) is 23.6 Å². The highest BCUT2D eigenvalue weighted by Gasteiger charge is 2.10. The molecule has 0 aliphatic heterocycles. The topological polar surface area (TPSA) is 70.5 Å². The van der Waals surface area contributed by atoms with E-state index in [2.05, 4.69) is 0 Å². The highest BCUT2D eigenvalue weighted by molar-refractivity contribution is 5.85. The molecule has 0 spiro atoms. The lowest BCUT2D eigenvalue weighted by atomic mass is 10.0. The van der Waals surface area contributed by atoms with E-state index in [0.717, 1.165) is 17.5 Å². The molecule has 0 radical (unpaired) electrons. The van der Waals surface area contributed by atoms with E-state index in [1.807, 2.05) is 48.5 Å². The fourth-order valence-electron chi connectivity index (χ4n) is 2.12. The maximum atomic E-state index is 6.07. The smallest absolute Gasteiger partial charge is 0.161 e. The summed E-state index contributed by atoms with van der Waals surface area (Å²) in [5.74, 6) is 1.40. The Morgan fingerprint density at radius 1 is 1.05 bits per heavy atom. The Bertz CT molecular complexity index is 564. The van der Waals surface area contributed by atoms with Crippen LogP contribution in [0.5, 0.6) is 11.5 Å². The van der Waals surface area contributed by atoms with Gasteiger partial charge in [0.25, 0.3) is 0 Å². The van der Waals surface area contributed by atoms with Gasteiger partial charge in [-0.2, -0.15) is 0 Å². The van der Waals surface area contributed by atoms with E-state index in [-0.39, 0.29) is 18.4 Å². The second-order valence-corrected chi connectivity index (χ2v) is 4.87. The van der Waals surface area contributed by atoms with E-state index in [4.69, 9.17) is 20.9 Å². The number of benzene rings is 2. The summed E-state index contributed by atoms with van der Waals surface area (Å²) in [5.41, 5.74) is 13.7. The maximum Gasteiger partial charge on any atom is 0.161 e. The van der Waals surface area contributed by atoms with E-state index in [0.29, 0.717) is 24.7 Å². The third-order valence-corrected chi connectivity index (χ3v) is 3.33. The third-order valence-electron chi connectivity index (χ3n) is 3.33. The molecular weight excluding hydrogens is 300 g/mol. The largest absolute Gasteiger partial charge is 0.493 e. The van der Waals surface area contributed by atoms with Crippen molar-refractivity contribution in [2.45, 2.75) is 19.1 Å². The van der Waals surface area contributed by atoms with E-state index in [1.165, 1.54) is 0 Å². The first-order valence-electron chi connectivity index (χ1n) is 7.05. The minimum atomic E-state index is -0.0768. The van der Waals surface area contributed by atoms with Crippen LogP contribution in [0.15, 0.2) is 48.5 Å². The molecule has 0 aliphatic carbocycles. The molecule has 0 unspecified atom stereocenters. The normalized spacial score (nSPS) is 11.4. The molecule has 0 heterocycles. The van der Waals surface area contributed by atoms with Crippen molar-refractivity contribution >= 4 is 12.4 Å². The van der Waals surface area contributed by atoms with Crippen LogP contribution in [0.4, 0.5) is 0 Å². The van der Waals surface area contributed by atoms with E-state index in [9.17, 15) is 0 Å². The third kappa shape index (κ3) is 4.91. The standard InChI is InChI=1S/C17H22N2O2.ClH/c1-20-17-11-14(15(19)9-10-18)7-8-16(17)21-12-13-5-3-2-4-6-13;/h2-8,11,15H,9-10,12,18-19H2,1H3;1H/t15-;/m0./s1. The van der Waals surface area contributed by atoms with Gasteiger partial charge in [0, 0.05) is 6.04 Å². The van der Waals surface area contributed by atoms with Gasteiger partial charge in [-0.25, -0.2) is 0 Å². The molecule has 0 fully saturated rings. The Balaban J connectivity index is 0.00000242. The Hall–Kier alpha value is -1.75. The average Bonchev–Trinajstić information content (AvgIpc) is 2.54. The van der Waals surface area contributed by atoms with E-state index >= 15 is 0 Å². The van der Waals surface area contributed by atoms with Crippen LogP contribution in [0.3, 0.4) is 0 Å². The van der Waals surface area contributed by atoms with Crippen molar-refractivity contribution in [3.63, 3.8) is 0 Å². The molecule has 0 amide bonds. The van der Waals surface area contributed by atoms with Crippen molar-refractivity contribution in [3.05, 3.63) is 59.7 Å². The zero-order chi connectivity index (χ0) is 15.1. The van der Waals surface area contributed by atoms with Crippen molar-refractivity contribution in [2.75, 3.05) is 13.7 Å². The maximum absolute atomic E-state index is 6.07. The van der Waals surface area contributed by atoms with Crippen molar-refractivity contribution in [1.29, 1.82) is 0 Å². The lowest BCUT2D eigenvalue weighted by Crippen LogP contribution is -2.15. The highest BCUT2D eigenvalue weighted by Crippen LogP contribution is 2.31. The fraction of sp³-hybridized carbons (Fsp3) is 0.294. The van der Waals surface area contributed by atoms with Crippen LogP contribution < -0.4 is 20.9 Å². The molecule has 2 rings (SSSR count). The molecule has 0 aromatic heterocycles. The van der Waals surface area contributed by atoms with Crippen LogP contribution >= 0.6 is 12.4 Å². The van der Waals surface area contributed by atoms with Gasteiger partial charge >= 0.3 is 0 Å². The van der Waals surface area contributed by atoms with Crippen LogP contribution in [0, 0.1) is 0 Å². The van der Waals surface area contributed by atoms with Gasteiger partial charge in [-0.15, -0.1) is 12.4 Å². The van der Waals surface area contributed by atoms with Gasteiger partial charge in [-0.1, -0.05) is 36.4 Å². The summed E-state index contributed by atoms with van der Waals surface area (Å²) in [5, 5.41) is 0. The first-order valence-corrected chi connectivity index (χ1v) is 7.05. The summed E-state index contributed by atoms with van der Waals surface area (Å²) >= 11 is 0. The summed E-state index contributed by atoms with van der Waals surface area (Å²) < 4.78 is 11.2. The van der Waals surface area contributed by atoms with Crippen LogP contribution in [0.2, 0.25) is 0 Å². The Morgan fingerprint density at radius 3 is 2.41 bits per heavy atom. The number of ether oxygens (including phenoxy) is 2. The molecule has 2 aromatic carbocycles. The molecule has 0 aliphatic rings. The van der Waals surface area contributed by atoms with Gasteiger partial charge in [-0.3, -0.25) is 0 Å². The second kappa shape index (κ2) is 9.30. The molecule has 4 nitrogen and oxygen atoms in total. The monoisotopic (exact) mass is 322 g/mol. The number of hydrogen-bond donors (Lipinski definition) is 2. The van der Waals surface area contributed by atoms with Gasteiger partial charge in [0.05, 0.1) is 7.11 Å². The number of hydrogen-bond acceptors (Lipinski definition) is 4. The quantitative estimate of drug-likeness (QED) is 0.822. The average molecular weight is 323 g/mol. The first kappa shape index (κ1) is 18.3. The minimum absolute atomic E-state index is 0. The zero-order valence-corrected chi connectivity index (χ0v) is 13.5.